The second-order valence-electron chi connectivity index (χ2n) is 12.7. The molecule has 1 aromatic carbocycles. The van der Waals surface area contributed by atoms with Crippen molar-refractivity contribution in [3.05, 3.63) is 59.8 Å². The number of rotatable bonds is 5. The molecule has 6 rings (SSSR count). The normalized spacial score (nSPS) is 23.4. The van der Waals surface area contributed by atoms with E-state index in [0.29, 0.717) is 38.4 Å². The molecule has 1 aromatic heterocycles. The summed E-state index contributed by atoms with van der Waals surface area (Å²) in [6, 6.07) is 6.52. The van der Waals surface area contributed by atoms with Gasteiger partial charge in [-0.15, -0.1) is 0 Å². The smallest absolute Gasteiger partial charge is 0.368 e. The van der Waals surface area contributed by atoms with Gasteiger partial charge in [0.05, 0.1) is 22.5 Å². The third kappa shape index (κ3) is 5.67. The van der Waals surface area contributed by atoms with Gasteiger partial charge in [-0.1, -0.05) is 18.7 Å². The molecule has 2 atom stereocenters. The standard InChI is InChI=1S/C32H38F3N7O3/c1-5-26(43)41-18-31(19-41)17-39(10-9-36-31)11-12-40-16-22-14-27(44)42(25-15-23(32(33,34)35)13-21(3)37-25)29(22)30(45)38(4)24-8-6-7-20(2)28(24)40/h5-8,13,15,22,29,36H,1,9-12,14,16-19H2,2-4H3/t22-,29+/m1/s1. The first-order chi connectivity index (χ1) is 21.3. The molecule has 3 saturated heterocycles. The number of carbonyl (C=O) groups excluding carboxylic acids is 3. The summed E-state index contributed by atoms with van der Waals surface area (Å²) in [6.07, 6.45) is -3.27. The zero-order valence-corrected chi connectivity index (χ0v) is 25.7. The molecule has 4 aliphatic rings. The van der Waals surface area contributed by atoms with Gasteiger partial charge < -0.3 is 20.0 Å². The lowest BCUT2D eigenvalue weighted by Gasteiger charge is -2.55. The summed E-state index contributed by atoms with van der Waals surface area (Å²) in [5, 5.41) is 3.59. The third-order valence-electron chi connectivity index (χ3n) is 9.49. The number of anilines is 3. The largest absolute Gasteiger partial charge is 0.416 e. The van der Waals surface area contributed by atoms with Gasteiger partial charge in [-0.2, -0.15) is 13.2 Å². The molecule has 3 amide bonds. The highest BCUT2D eigenvalue weighted by molar-refractivity contribution is 6.10. The van der Waals surface area contributed by atoms with Crippen LogP contribution < -0.4 is 20.0 Å². The summed E-state index contributed by atoms with van der Waals surface area (Å²) in [5.41, 5.74) is 1.61. The van der Waals surface area contributed by atoms with Crippen molar-refractivity contribution >= 4 is 34.9 Å². The summed E-state index contributed by atoms with van der Waals surface area (Å²) in [4.78, 5) is 53.0. The topological polar surface area (TPSA) is 92.3 Å². The van der Waals surface area contributed by atoms with Gasteiger partial charge in [0.15, 0.2) is 0 Å². The molecule has 0 aliphatic carbocycles. The molecule has 2 aromatic rings. The summed E-state index contributed by atoms with van der Waals surface area (Å²) in [5.74, 6) is -1.48. The van der Waals surface area contributed by atoms with Gasteiger partial charge in [0.1, 0.15) is 11.9 Å². The van der Waals surface area contributed by atoms with E-state index in [0.717, 1.165) is 43.0 Å². The number of nitrogens with zero attached hydrogens (tertiary/aromatic N) is 6. The molecular weight excluding hydrogens is 587 g/mol. The molecule has 45 heavy (non-hydrogen) atoms. The third-order valence-corrected chi connectivity index (χ3v) is 9.49. The Hall–Kier alpha value is -3.97. The number of carbonyl (C=O) groups is 3. The molecule has 5 heterocycles. The lowest BCUT2D eigenvalue weighted by Crippen LogP contribution is -2.76. The molecule has 1 spiro atoms. The maximum absolute atomic E-state index is 14.1. The first-order valence-corrected chi connectivity index (χ1v) is 15.2. The second kappa shape index (κ2) is 11.4. The van der Waals surface area contributed by atoms with Crippen LogP contribution in [0, 0.1) is 19.8 Å². The van der Waals surface area contributed by atoms with Gasteiger partial charge in [0, 0.05) is 77.4 Å². The molecule has 4 aliphatic heterocycles. The summed E-state index contributed by atoms with van der Waals surface area (Å²) < 4.78 is 41.2. The zero-order valence-electron chi connectivity index (χ0n) is 25.7. The van der Waals surface area contributed by atoms with E-state index >= 15 is 0 Å². The first kappa shape index (κ1) is 31.0. The van der Waals surface area contributed by atoms with Gasteiger partial charge in [0.25, 0.3) is 0 Å². The van der Waals surface area contributed by atoms with E-state index in [4.69, 9.17) is 0 Å². The van der Waals surface area contributed by atoms with E-state index in [1.807, 2.05) is 25.1 Å². The van der Waals surface area contributed by atoms with Crippen molar-refractivity contribution in [1.29, 1.82) is 0 Å². The van der Waals surface area contributed by atoms with Crippen LogP contribution in [0.3, 0.4) is 0 Å². The number of nitrogens with one attached hydrogen (secondary N) is 1. The number of alkyl halides is 3. The fourth-order valence-corrected chi connectivity index (χ4v) is 7.38. The average molecular weight is 626 g/mol. The molecule has 1 N–H and O–H groups in total. The van der Waals surface area contributed by atoms with E-state index < -0.39 is 29.6 Å². The fraction of sp³-hybridized carbons (Fsp3) is 0.500. The van der Waals surface area contributed by atoms with Crippen LogP contribution in [0.4, 0.5) is 30.4 Å². The minimum Gasteiger partial charge on any atom is -0.368 e. The Bertz CT molecular complexity index is 1540. The number of aryl methyl sites for hydroxylation is 2. The average Bonchev–Trinajstić information content (AvgIpc) is 3.30. The number of piperazine rings is 1. The van der Waals surface area contributed by atoms with Crippen molar-refractivity contribution in [2.24, 2.45) is 5.92 Å². The number of para-hydroxylation sites is 1. The van der Waals surface area contributed by atoms with Crippen molar-refractivity contribution < 1.29 is 27.6 Å². The van der Waals surface area contributed by atoms with E-state index in [1.165, 1.54) is 22.8 Å². The van der Waals surface area contributed by atoms with Gasteiger partial charge >= 0.3 is 6.18 Å². The number of hydrogen-bond acceptors (Lipinski definition) is 7. The zero-order chi connectivity index (χ0) is 32.3. The van der Waals surface area contributed by atoms with E-state index in [2.05, 4.69) is 26.7 Å². The first-order valence-electron chi connectivity index (χ1n) is 15.2. The van der Waals surface area contributed by atoms with Crippen molar-refractivity contribution in [3.63, 3.8) is 0 Å². The molecule has 3 fully saturated rings. The Morgan fingerprint density at radius 2 is 1.91 bits per heavy atom. The number of likely N-dealkylation sites (tertiary alicyclic amines) is 1. The lowest BCUT2D eigenvalue weighted by molar-refractivity contribution is -0.138. The highest BCUT2D eigenvalue weighted by Crippen LogP contribution is 2.41. The number of pyridine rings is 1. The maximum atomic E-state index is 14.1. The Morgan fingerprint density at radius 3 is 2.62 bits per heavy atom. The van der Waals surface area contributed by atoms with Crippen LogP contribution in [0.25, 0.3) is 0 Å². The number of halogens is 3. The number of likely N-dealkylation sites (N-methyl/N-ethyl adjacent to an activating group) is 1. The molecule has 0 saturated carbocycles. The highest BCUT2D eigenvalue weighted by atomic mass is 19.4. The Kier molecular flexibility index (Phi) is 7.88. The lowest BCUT2D eigenvalue weighted by atomic mass is 9.87. The van der Waals surface area contributed by atoms with Crippen LogP contribution in [-0.4, -0.2) is 103 Å². The van der Waals surface area contributed by atoms with E-state index in [-0.39, 0.29) is 35.3 Å². The van der Waals surface area contributed by atoms with E-state index in [9.17, 15) is 27.6 Å². The SMILES string of the molecule is C=CC(=O)N1CC2(CN(CCN3C[C@H]4CC(=O)N(c5cc(C(F)(F)F)cc(C)n5)[C@@H]4C(=O)N(C)c4cccc(C)c43)CCN2)C1. The Morgan fingerprint density at radius 1 is 1.16 bits per heavy atom. The second-order valence-corrected chi connectivity index (χ2v) is 12.7. The molecule has 0 unspecified atom stereocenters. The molecule has 240 valence electrons. The summed E-state index contributed by atoms with van der Waals surface area (Å²) in [7, 11) is 1.65. The maximum Gasteiger partial charge on any atom is 0.416 e. The Balaban J connectivity index is 1.28. The van der Waals surface area contributed by atoms with Gasteiger partial charge in [-0.05, 0) is 43.7 Å². The van der Waals surface area contributed by atoms with Crippen LogP contribution in [0.2, 0.25) is 0 Å². The van der Waals surface area contributed by atoms with Gasteiger partial charge in [0.2, 0.25) is 17.7 Å². The predicted octanol–water partition coefficient (Wildman–Crippen LogP) is 2.59. The van der Waals surface area contributed by atoms with Crippen molar-refractivity contribution in [2.75, 3.05) is 74.1 Å². The number of benzene rings is 1. The summed E-state index contributed by atoms with van der Waals surface area (Å²) >= 11 is 0. The monoisotopic (exact) mass is 625 g/mol. The minimum absolute atomic E-state index is 0.0167. The number of fused-ring (bicyclic) bond motifs is 2. The number of amides is 3. The van der Waals surface area contributed by atoms with Crippen LogP contribution in [0.5, 0.6) is 0 Å². The van der Waals surface area contributed by atoms with Gasteiger partial charge in [-0.3, -0.25) is 24.2 Å². The van der Waals surface area contributed by atoms with Crippen molar-refractivity contribution in [2.45, 2.75) is 38.0 Å². The number of hydrogen-bond donors (Lipinski definition) is 1. The molecule has 10 nitrogen and oxygen atoms in total. The van der Waals surface area contributed by atoms with Crippen LogP contribution >= 0.6 is 0 Å². The van der Waals surface area contributed by atoms with Crippen molar-refractivity contribution in [1.82, 2.24) is 20.1 Å². The molecule has 13 heteroatoms. The van der Waals surface area contributed by atoms with Crippen LogP contribution in [0.15, 0.2) is 43.0 Å². The quantitative estimate of drug-likeness (QED) is 0.511. The minimum atomic E-state index is -4.62. The molecule has 0 bridgehead atoms. The highest BCUT2D eigenvalue weighted by Gasteiger charge is 2.50. The summed E-state index contributed by atoms with van der Waals surface area (Å²) in [6.45, 7) is 12.4. The number of aromatic nitrogens is 1. The van der Waals surface area contributed by atoms with Gasteiger partial charge in [-0.25, -0.2) is 4.98 Å². The predicted molar refractivity (Wildman–Crippen MR) is 164 cm³/mol. The molecular formula is C32H38F3N7O3. The fourth-order valence-electron chi connectivity index (χ4n) is 7.38. The van der Waals surface area contributed by atoms with Crippen LogP contribution in [-0.2, 0) is 20.6 Å². The van der Waals surface area contributed by atoms with Crippen LogP contribution in [0.1, 0.15) is 23.2 Å². The Labute approximate surface area is 260 Å². The van der Waals surface area contributed by atoms with Crippen molar-refractivity contribution in [3.8, 4) is 0 Å². The molecule has 0 radical (unpaired) electrons. The van der Waals surface area contributed by atoms with E-state index in [1.54, 1.807) is 11.9 Å².